The van der Waals surface area contributed by atoms with E-state index in [0.29, 0.717) is 5.92 Å². The molecule has 0 saturated heterocycles. The molecule has 1 radical (unpaired) electrons. The minimum absolute atomic E-state index is 0. The minimum atomic E-state index is -0.335. The Kier molecular flexibility index (Phi) is 6.91. The third-order valence-electron chi connectivity index (χ3n) is 4.91. The zero-order valence-electron chi connectivity index (χ0n) is 12.8. The Hall–Kier alpha value is 0.444. The van der Waals surface area contributed by atoms with Gasteiger partial charge in [-0.25, -0.2) is 0 Å². The average Bonchev–Trinajstić information content (AvgIpc) is 2.25. The molecule has 103 valence electrons. The van der Waals surface area contributed by atoms with Crippen LogP contribution in [0.3, 0.4) is 0 Å². The van der Waals surface area contributed by atoms with Crippen molar-refractivity contribution in [3.8, 4) is 0 Å². The molecule has 0 bridgehead atoms. The van der Waals surface area contributed by atoms with Crippen molar-refractivity contribution >= 4 is 5.97 Å². The van der Waals surface area contributed by atoms with Crippen molar-refractivity contribution in [1.82, 2.24) is 0 Å². The SMILES string of the molecule is CC[C-](C)C(=O)OC1(C)C(C)CCCC1(C)C.[Y]. The third kappa shape index (κ3) is 3.51. The average molecular weight is 328 g/mol. The normalized spacial score (nSPS) is 30.2. The number of hydrogen-bond donors (Lipinski definition) is 0. The fraction of sp³-hybridized carbons (Fsp3) is 0.867. The Morgan fingerprint density at radius 3 is 2.39 bits per heavy atom. The maximum atomic E-state index is 12.0. The molecule has 0 aromatic heterocycles. The Morgan fingerprint density at radius 2 is 1.94 bits per heavy atom. The second-order valence-electron chi connectivity index (χ2n) is 6.31. The summed E-state index contributed by atoms with van der Waals surface area (Å²) in [4.78, 5) is 12.0. The van der Waals surface area contributed by atoms with Gasteiger partial charge in [-0.1, -0.05) is 34.1 Å². The Morgan fingerprint density at radius 1 is 1.39 bits per heavy atom. The smallest absolute Gasteiger partial charge is 0.170 e. The van der Waals surface area contributed by atoms with E-state index in [4.69, 9.17) is 4.74 Å². The van der Waals surface area contributed by atoms with E-state index >= 15 is 0 Å². The monoisotopic (exact) mass is 328 g/mol. The van der Waals surface area contributed by atoms with Crippen LogP contribution in [0.15, 0.2) is 0 Å². The summed E-state index contributed by atoms with van der Waals surface area (Å²) in [7, 11) is 0. The van der Waals surface area contributed by atoms with E-state index in [1.807, 2.05) is 13.8 Å². The first-order valence-corrected chi connectivity index (χ1v) is 6.80. The molecule has 1 fully saturated rings. The molecule has 2 atom stereocenters. The molecule has 0 spiro atoms. The minimum Gasteiger partial charge on any atom is -0.481 e. The number of ether oxygens (including phenoxy) is 1. The summed E-state index contributed by atoms with van der Waals surface area (Å²) in [5.41, 5.74) is -0.271. The molecule has 0 aromatic rings. The van der Waals surface area contributed by atoms with E-state index in [9.17, 15) is 4.79 Å². The largest absolute Gasteiger partial charge is 0.481 e. The van der Waals surface area contributed by atoms with Crippen molar-refractivity contribution in [3.63, 3.8) is 0 Å². The molecule has 2 unspecified atom stereocenters. The predicted molar refractivity (Wildman–Crippen MR) is 70.5 cm³/mol. The van der Waals surface area contributed by atoms with Crippen molar-refractivity contribution in [2.75, 3.05) is 0 Å². The van der Waals surface area contributed by atoms with Crippen LogP contribution >= 0.6 is 0 Å². The van der Waals surface area contributed by atoms with Crippen LogP contribution < -0.4 is 0 Å². The van der Waals surface area contributed by atoms with Gasteiger partial charge in [0.1, 0.15) is 5.60 Å². The van der Waals surface area contributed by atoms with Gasteiger partial charge in [0.05, 0.1) is 0 Å². The molecular formula is C15H27O2Y-. The van der Waals surface area contributed by atoms with Crippen LogP contribution in [0, 0.1) is 17.3 Å². The molecule has 18 heavy (non-hydrogen) atoms. The van der Waals surface area contributed by atoms with Gasteiger partial charge in [-0.15, -0.1) is 0 Å². The van der Waals surface area contributed by atoms with Crippen molar-refractivity contribution in [3.05, 3.63) is 5.92 Å². The number of esters is 1. The van der Waals surface area contributed by atoms with Crippen LogP contribution in [0.4, 0.5) is 0 Å². The van der Waals surface area contributed by atoms with Gasteiger partial charge in [0, 0.05) is 38.1 Å². The predicted octanol–water partition coefficient (Wildman–Crippen LogP) is 4.14. The van der Waals surface area contributed by atoms with E-state index in [2.05, 4.69) is 27.7 Å². The van der Waals surface area contributed by atoms with Crippen LogP contribution in [-0.4, -0.2) is 11.6 Å². The first-order chi connectivity index (χ1) is 7.74. The fourth-order valence-corrected chi connectivity index (χ4v) is 2.70. The van der Waals surface area contributed by atoms with E-state index in [1.54, 1.807) is 0 Å². The van der Waals surface area contributed by atoms with Gasteiger partial charge in [-0.05, 0) is 25.7 Å². The van der Waals surface area contributed by atoms with E-state index in [1.165, 1.54) is 6.42 Å². The standard InChI is InChI=1S/C15H27O2.Y/c1-7-11(2)13(16)17-15(6)12(3)9-8-10-14(15,4)5;/h12H,7-10H2,1-6H3;/q-1;. The van der Waals surface area contributed by atoms with Gasteiger partial charge in [-0.3, -0.25) is 10.7 Å². The molecule has 0 aromatic carbocycles. The molecule has 0 aliphatic heterocycles. The summed E-state index contributed by atoms with van der Waals surface area (Å²) in [5, 5.41) is 0. The summed E-state index contributed by atoms with van der Waals surface area (Å²) in [5.74, 6) is 1.14. The van der Waals surface area contributed by atoms with Gasteiger partial charge in [0.2, 0.25) is 0 Å². The Balaban J connectivity index is 0.00000289. The Labute approximate surface area is 138 Å². The zero-order chi connectivity index (χ0) is 13.3. The van der Waals surface area contributed by atoms with Crippen LogP contribution in [0.1, 0.15) is 67.2 Å². The van der Waals surface area contributed by atoms with E-state index in [-0.39, 0.29) is 49.7 Å². The summed E-state index contributed by atoms with van der Waals surface area (Å²) in [6.45, 7) is 12.6. The third-order valence-corrected chi connectivity index (χ3v) is 4.91. The van der Waals surface area contributed by atoms with Crippen LogP contribution in [0.2, 0.25) is 0 Å². The van der Waals surface area contributed by atoms with E-state index < -0.39 is 0 Å². The number of hydrogen-bond acceptors (Lipinski definition) is 2. The quantitative estimate of drug-likeness (QED) is 0.575. The first kappa shape index (κ1) is 18.4. The molecule has 2 nitrogen and oxygen atoms in total. The second kappa shape index (κ2) is 6.75. The molecular weight excluding hydrogens is 301 g/mol. The Bertz CT molecular complexity index is 288. The molecule has 1 aliphatic rings. The van der Waals surface area contributed by atoms with Crippen LogP contribution in [0.5, 0.6) is 0 Å². The molecule has 1 aliphatic carbocycles. The molecule has 1 saturated carbocycles. The molecule has 3 heteroatoms. The molecule has 1 rings (SSSR count). The van der Waals surface area contributed by atoms with Gasteiger partial charge < -0.3 is 4.74 Å². The van der Waals surface area contributed by atoms with Gasteiger partial charge >= 0.3 is 0 Å². The van der Waals surface area contributed by atoms with Gasteiger partial charge in [-0.2, -0.15) is 13.3 Å². The van der Waals surface area contributed by atoms with Crippen molar-refractivity contribution < 1.29 is 42.2 Å². The summed E-state index contributed by atoms with van der Waals surface area (Å²) < 4.78 is 5.88. The zero-order valence-corrected chi connectivity index (χ0v) is 15.6. The van der Waals surface area contributed by atoms with Crippen molar-refractivity contribution in [1.29, 1.82) is 0 Å². The molecule has 0 N–H and O–H groups in total. The van der Waals surface area contributed by atoms with Crippen LogP contribution in [0.25, 0.3) is 0 Å². The summed E-state index contributed by atoms with van der Waals surface area (Å²) in [6.07, 6.45) is 4.28. The van der Waals surface area contributed by atoms with Gasteiger partial charge in [0.15, 0.2) is 5.97 Å². The molecule has 0 heterocycles. The van der Waals surface area contributed by atoms with E-state index in [0.717, 1.165) is 25.2 Å². The first-order valence-electron chi connectivity index (χ1n) is 6.80. The second-order valence-corrected chi connectivity index (χ2v) is 6.31. The number of carbonyl (C=O) groups is 1. The fourth-order valence-electron chi connectivity index (χ4n) is 2.70. The summed E-state index contributed by atoms with van der Waals surface area (Å²) >= 11 is 0. The summed E-state index contributed by atoms with van der Waals surface area (Å²) in [6, 6.07) is 0. The van der Waals surface area contributed by atoms with Gasteiger partial charge in [0.25, 0.3) is 0 Å². The topological polar surface area (TPSA) is 26.3 Å². The number of rotatable bonds is 3. The number of carbonyl (C=O) groups excluding carboxylic acids is 1. The maximum absolute atomic E-state index is 12.0. The van der Waals surface area contributed by atoms with Crippen LogP contribution in [-0.2, 0) is 42.2 Å². The van der Waals surface area contributed by atoms with Crippen molar-refractivity contribution in [2.24, 2.45) is 11.3 Å². The molecule has 0 amide bonds. The maximum Gasteiger partial charge on any atom is 0.170 e. The van der Waals surface area contributed by atoms with Crippen molar-refractivity contribution in [2.45, 2.75) is 72.8 Å².